The summed E-state index contributed by atoms with van der Waals surface area (Å²) in [7, 11) is 0. The highest BCUT2D eigenvalue weighted by atomic mass is 16.7. The van der Waals surface area contributed by atoms with E-state index in [2.05, 4.69) is 38.2 Å². The summed E-state index contributed by atoms with van der Waals surface area (Å²) >= 11 is 0. The van der Waals surface area contributed by atoms with Gasteiger partial charge in [0.2, 0.25) is 0 Å². The first-order valence-electron chi connectivity index (χ1n) is 21.4. The number of unbranched alkanes of at least 4 members (excludes halogenated alkanes) is 14. The molecule has 2 aliphatic heterocycles. The summed E-state index contributed by atoms with van der Waals surface area (Å²) in [5, 5.41) is 71.7. The Hall–Kier alpha value is -1.53. The third kappa shape index (κ3) is 20.4. The van der Waals surface area contributed by atoms with Crippen molar-refractivity contribution in [1.29, 1.82) is 0 Å². The van der Waals surface area contributed by atoms with Crippen LogP contribution in [0.15, 0.2) is 24.3 Å². The van der Waals surface area contributed by atoms with Gasteiger partial charge in [-0.3, -0.25) is 4.79 Å². The lowest BCUT2D eigenvalue weighted by molar-refractivity contribution is -0.332. The van der Waals surface area contributed by atoms with E-state index in [-0.39, 0.29) is 25.6 Å². The summed E-state index contributed by atoms with van der Waals surface area (Å²) in [5.74, 6) is -0.387. The molecule has 0 amide bonds. The Morgan fingerprint density at radius 2 is 1.14 bits per heavy atom. The van der Waals surface area contributed by atoms with Gasteiger partial charge in [0.1, 0.15) is 54.9 Å². The molecule has 14 heteroatoms. The molecule has 0 aliphatic carbocycles. The second-order valence-electron chi connectivity index (χ2n) is 15.2. The molecule has 2 heterocycles. The van der Waals surface area contributed by atoms with Crippen LogP contribution in [0.4, 0.5) is 0 Å². The maximum absolute atomic E-state index is 12.8. The van der Waals surface area contributed by atoms with Crippen molar-refractivity contribution in [2.24, 2.45) is 0 Å². The number of aliphatic hydroxyl groups excluding tert-OH is 7. The van der Waals surface area contributed by atoms with Gasteiger partial charge in [-0.2, -0.15) is 0 Å². The zero-order valence-electron chi connectivity index (χ0n) is 34.1. The molecule has 0 spiro atoms. The average Bonchev–Trinajstić information content (AvgIpc) is 3.19. The van der Waals surface area contributed by atoms with E-state index in [4.69, 9.17) is 28.4 Å². The van der Waals surface area contributed by atoms with Crippen LogP contribution in [0.5, 0.6) is 0 Å². The third-order valence-corrected chi connectivity index (χ3v) is 10.2. The van der Waals surface area contributed by atoms with Crippen molar-refractivity contribution >= 4 is 5.97 Å². The summed E-state index contributed by atoms with van der Waals surface area (Å²) < 4.78 is 34.0. The van der Waals surface area contributed by atoms with Gasteiger partial charge in [-0.05, 0) is 38.5 Å². The highest BCUT2D eigenvalue weighted by molar-refractivity contribution is 5.69. The number of hydrogen-bond acceptors (Lipinski definition) is 14. The van der Waals surface area contributed by atoms with Gasteiger partial charge < -0.3 is 64.2 Å². The van der Waals surface area contributed by atoms with Gasteiger partial charge in [0.15, 0.2) is 12.6 Å². The van der Waals surface area contributed by atoms with E-state index in [0.717, 1.165) is 64.2 Å². The molecular formula is C42H76O14. The third-order valence-electron chi connectivity index (χ3n) is 10.2. The molecule has 2 aliphatic rings. The first-order valence-corrected chi connectivity index (χ1v) is 21.4. The molecule has 14 nitrogen and oxygen atoms in total. The van der Waals surface area contributed by atoms with Crippen molar-refractivity contribution in [2.75, 3.05) is 33.0 Å². The van der Waals surface area contributed by atoms with Crippen molar-refractivity contribution in [3.63, 3.8) is 0 Å². The van der Waals surface area contributed by atoms with E-state index in [9.17, 15) is 40.5 Å². The maximum atomic E-state index is 12.8. The number of esters is 1. The summed E-state index contributed by atoms with van der Waals surface area (Å²) in [6.07, 6.45) is 12.7. The summed E-state index contributed by atoms with van der Waals surface area (Å²) in [6, 6.07) is 0. The highest BCUT2D eigenvalue weighted by Crippen LogP contribution is 2.26. The Balaban J connectivity index is 1.83. The van der Waals surface area contributed by atoms with Crippen LogP contribution in [0.3, 0.4) is 0 Å². The zero-order valence-corrected chi connectivity index (χ0v) is 34.1. The summed E-state index contributed by atoms with van der Waals surface area (Å²) in [4.78, 5) is 12.8. The smallest absolute Gasteiger partial charge is 0.306 e. The summed E-state index contributed by atoms with van der Waals surface area (Å²) in [5.41, 5.74) is 0. The second-order valence-corrected chi connectivity index (χ2v) is 15.2. The quantitative estimate of drug-likeness (QED) is 0.0290. The number of rotatable bonds is 32. The number of hydrogen-bond donors (Lipinski definition) is 7. The van der Waals surface area contributed by atoms with Gasteiger partial charge in [0.05, 0.1) is 26.4 Å². The Morgan fingerprint density at radius 3 is 1.79 bits per heavy atom. The molecule has 0 bridgehead atoms. The standard InChI is InChI=1S/C42H76O14/c1-3-5-7-9-11-13-14-15-16-17-18-20-22-24-26-51-28-31(54-34(44)25-23-21-19-12-10-8-6-4-2)29-52-41-40(50)38(48)36(46)33(56-41)30-53-42-39(49)37(47)35(45)32(27-43)55-42/h7,9,13-14,31-33,35-43,45-50H,3-6,8,10-12,15-30H2,1-2H3/b9-7-,14-13-. The van der Waals surface area contributed by atoms with E-state index in [1.54, 1.807) is 0 Å². The molecule has 0 radical (unpaired) electrons. The van der Waals surface area contributed by atoms with Crippen LogP contribution in [-0.4, -0.2) is 142 Å². The number of carbonyl (C=O) groups excluding carboxylic acids is 1. The Morgan fingerprint density at radius 1 is 0.589 bits per heavy atom. The minimum Gasteiger partial charge on any atom is -0.457 e. The van der Waals surface area contributed by atoms with Crippen LogP contribution in [0.25, 0.3) is 0 Å². The van der Waals surface area contributed by atoms with E-state index in [1.807, 2.05) is 0 Å². The molecule has 7 N–H and O–H groups in total. The SMILES string of the molecule is CCC/C=C\C/C=C\CCCCCCCCOCC(COC1OC(COC2OC(CO)C(O)C(O)C2O)C(O)C(O)C1O)OC(=O)CCCCCCCCCC. The van der Waals surface area contributed by atoms with Crippen molar-refractivity contribution < 1.29 is 69.0 Å². The molecule has 56 heavy (non-hydrogen) atoms. The molecule has 2 rings (SSSR count). The van der Waals surface area contributed by atoms with Crippen molar-refractivity contribution in [3.8, 4) is 0 Å². The monoisotopic (exact) mass is 805 g/mol. The Kier molecular flexibility index (Phi) is 28.4. The fraction of sp³-hybridized carbons (Fsp3) is 0.881. The molecule has 0 aromatic rings. The van der Waals surface area contributed by atoms with Crippen LogP contribution in [0, 0.1) is 0 Å². The van der Waals surface area contributed by atoms with Gasteiger partial charge >= 0.3 is 5.97 Å². The average molecular weight is 805 g/mol. The molecule has 11 unspecified atom stereocenters. The highest BCUT2D eigenvalue weighted by Gasteiger charge is 2.47. The zero-order chi connectivity index (χ0) is 41.0. The van der Waals surface area contributed by atoms with Crippen molar-refractivity contribution in [3.05, 3.63) is 24.3 Å². The van der Waals surface area contributed by atoms with Gasteiger partial charge in [0, 0.05) is 13.0 Å². The molecule has 2 saturated heterocycles. The predicted molar refractivity (Wildman–Crippen MR) is 210 cm³/mol. The Labute approximate surface area is 335 Å². The molecular weight excluding hydrogens is 728 g/mol. The fourth-order valence-electron chi connectivity index (χ4n) is 6.61. The molecule has 0 aromatic carbocycles. The molecule has 328 valence electrons. The van der Waals surface area contributed by atoms with Crippen LogP contribution >= 0.6 is 0 Å². The maximum Gasteiger partial charge on any atom is 0.306 e. The fourth-order valence-corrected chi connectivity index (χ4v) is 6.61. The lowest BCUT2D eigenvalue weighted by Gasteiger charge is -2.42. The van der Waals surface area contributed by atoms with Crippen LogP contribution in [-0.2, 0) is 33.2 Å². The lowest BCUT2D eigenvalue weighted by Crippen LogP contribution is -2.61. The number of carbonyl (C=O) groups is 1. The van der Waals surface area contributed by atoms with E-state index < -0.39 is 80.7 Å². The topological polar surface area (TPSA) is 214 Å². The van der Waals surface area contributed by atoms with Crippen LogP contribution in [0.1, 0.15) is 136 Å². The molecule has 2 fully saturated rings. The van der Waals surface area contributed by atoms with Gasteiger partial charge in [-0.15, -0.1) is 0 Å². The van der Waals surface area contributed by atoms with E-state index in [1.165, 1.54) is 44.9 Å². The number of aliphatic hydroxyl groups is 7. The van der Waals surface area contributed by atoms with E-state index in [0.29, 0.717) is 13.0 Å². The summed E-state index contributed by atoms with van der Waals surface area (Å²) in [6.45, 7) is 3.54. The van der Waals surface area contributed by atoms with Gasteiger partial charge in [-0.25, -0.2) is 0 Å². The number of ether oxygens (including phenoxy) is 6. The number of allylic oxidation sites excluding steroid dienone is 4. The minimum atomic E-state index is -1.70. The normalized spacial score (nSPS) is 29.0. The largest absolute Gasteiger partial charge is 0.457 e. The van der Waals surface area contributed by atoms with Crippen molar-refractivity contribution in [2.45, 2.75) is 203 Å². The first-order chi connectivity index (χ1) is 27.1. The molecule has 11 atom stereocenters. The van der Waals surface area contributed by atoms with Crippen molar-refractivity contribution in [1.82, 2.24) is 0 Å². The first kappa shape index (κ1) is 50.6. The minimum absolute atomic E-state index is 0.0563. The van der Waals surface area contributed by atoms with E-state index >= 15 is 0 Å². The lowest BCUT2D eigenvalue weighted by atomic mass is 9.98. The predicted octanol–water partition coefficient (Wildman–Crippen LogP) is 4.12. The second kappa shape index (κ2) is 31.4. The molecule has 0 aromatic heterocycles. The molecule has 0 saturated carbocycles. The van der Waals surface area contributed by atoms with Gasteiger partial charge in [-0.1, -0.05) is 115 Å². The Bertz CT molecular complexity index is 1030. The van der Waals surface area contributed by atoms with Gasteiger partial charge in [0.25, 0.3) is 0 Å². The van der Waals surface area contributed by atoms with Crippen LogP contribution in [0.2, 0.25) is 0 Å². The van der Waals surface area contributed by atoms with Crippen LogP contribution < -0.4 is 0 Å².